The number of cyclic esters (lactones) is 1. The lowest BCUT2D eigenvalue weighted by Gasteiger charge is -2.22. The first kappa shape index (κ1) is 14.2. The Kier molecular flexibility index (Phi) is 4.89. The normalized spacial score (nSPS) is 20.7. The lowest BCUT2D eigenvalue weighted by atomic mass is 10.0. The van der Waals surface area contributed by atoms with E-state index in [1.54, 1.807) is 19.9 Å². The van der Waals surface area contributed by atoms with Crippen LogP contribution in [-0.4, -0.2) is 29.5 Å². The number of amides is 2. The number of rotatable bonds is 4. The third-order valence-electron chi connectivity index (χ3n) is 2.71. The monoisotopic (exact) mass is 249 g/mol. The SMILES string of the molecule is C=C/C(=C\C=C/C)C1COC(=O)N1C(=O)C(C)C. The molecule has 1 atom stereocenters. The van der Waals surface area contributed by atoms with E-state index in [0.717, 1.165) is 5.57 Å². The Bertz CT molecular complexity index is 407. The van der Waals surface area contributed by atoms with Gasteiger partial charge in [-0.05, 0) is 12.5 Å². The largest absolute Gasteiger partial charge is 0.446 e. The fraction of sp³-hybridized carbons (Fsp3) is 0.429. The van der Waals surface area contributed by atoms with Gasteiger partial charge in [0.15, 0.2) is 0 Å². The van der Waals surface area contributed by atoms with Gasteiger partial charge in [0.05, 0.1) is 0 Å². The van der Waals surface area contributed by atoms with E-state index in [0.29, 0.717) is 0 Å². The van der Waals surface area contributed by atoms with E-state index in [9.17, 15) is 9.59 Å². The van der Waals surface area contributed by atoms with Gasteiger partial charge in [0.25, 0.3) is 0 Å². The van der Waals surface area contributed by atoms with Gasteiger partial charge in [-0.3, -0.25) is 4.79 Å². The number of ether oxygens (including phenoxy) is 1. The van der Waals surface area contributed by atoms with Crippen LogP contribution in [0.15, 0.2) is 36.5 Å². The van der Waals surface area contributed by atoms with Crippen molar-refractivity contribution in [2.75, 3.05) is 6.61 Å². The van der Waals surface area contributed by atoms with E-state index in [4.69, 9.17) is 4.74 Å². The summed E-state index contributed by atoms with van der Waals surface area (Å²) in [5.41, 5.74) is 0.799. The maximum Gasteiger partial charge on any atom is 0.417 e. The fourth-order valence-corrected chi connectivity index (χ4v) is 1.71. The number of hydrogen-bond acceptors (Lipinski definition) is 3. The lowest BCUT2D eigenvalue weighted by Crippen LogP contribution is -2.42. The summed E-state index contributed by atoms with van der Waals surface area (Å²) in [7, 11) is 0. The van der Waals surface area contributed by atoms with Gasteiger partial charge in [0.2, 0.25) is 5.91 Å². The molecule has 1 rings (SSSR count). The van der Waals surface area contributed by atoms with Crippen LogP contribution in [0.2, 0.25) is 0 Å². The van der Waals surface area contributed by atoms with Crippen molar-refractivity contribution >= 4 is 12.0 Å². The van der Waals surface area contributed by atoms with Crippen LogP contribution >= 0.6 is 0 Å². The van der Waals surface area contributed by atoms with Crippen molar-refractivity contribution in [1.29, 1.82) is 0 Å². The van der Waals surface area contributed by atoms with Gasteiger partial charge in [-0.2, -0.15) is 0 Å². The van der Waals surface area contributed by atoms with Crippen LogP contribution in [0.3, 0.4) is 0 Å². The van der Waals surface area contributed by atoms with E-state index >= 15 is 0 Å². The van der Waals surface area contributed by atoms with Crippen LogP contribution in [0.1, 0.15) is 20.8 Å². The second-order valence-electron chi connectivity index (χ2n) is 4.35. The zero-order valence-corrected chi connectivity index (χ0v) is 11.1. The summed E-state index contributed by atoms with van der Waals surface area (Å²) in [4.78, 5) is 24.8. The zero-order chi connectivity index (χ0) is 13.7. The average Bonchev–Trinajstić information content (AvgIpc) is 2.71. The Hall–Kier alpha value is -1.84. The number of imide groups is 1. The van der Waals surface area contributed by atoms with Gasteiger partial charge < -0.3 is 4.74 Å². The fourth-order valence-electron chi connectivity index (χ4n) is 1.71. The number of carbonyl (C=O) groups excluding carboxylic acids is 2. The second-order valence-corrected chi connectivity index (χ2v) is 4.35. The number of allylic oxidation sites excluding steroid dienone is 3. The van der Waals surface area contributed by atoms with Crippen molar-refractivity contribution < 1.29 is 14.3 Å². The van der Waals surface area contributed by atoms with Crippen LogP contribution in [0.5, 0.6) is 0 Å². The molecule has 0 bridgehead atoms. The Balaban J connectivity index is 3.03. The molecule has 0 aromatic carbocycles. The lowest BCUT2D eigenvalue weighted by molar-refractivity contribution is -0.131. The van der Waals surface area contributed by atoms with E-state index in [1.807, 2.05) is 25.2 Å². The summed E-state index contributed by atoms with van der Waals surface area (Å²) in [6.45, 7) is 9.31. The van der Waals surface area contributed by atoms with Crippen molar-refractivity contribution in [3.05, 3.63) is 36.5 Å². The Morgan fingerprint density at radius 3 is 2.72 bits per heavy atom. The standard InChI is InChI=1S/C14H19NO3/c1-5-7-8-11(6-2)12-9-18-14(17)15(12)13(16)10(3)4/h5-8,10,12H,2,9H2,1,3-4H3/b7-5-,11-8+. The molecule has 1 aliphatic rings. The summed E-state index contributed by atoms with van der Waals surface area (Å²) >= 11 is 0. The molecule has 18 heavy (non-hydrogen) atoms. The van der Waals surface area contributed by atoms with E-state index in [-0.39, 0.29) is 24.5 Å². The molecule has 4 nitrogen and oxygen atoms in total. The van der Waals surface area contributed by atoms with Crippen LogP contribution in [0.25, 0.3) is 0 Å². The Morgan fingerprint density at radius 1 is 1.56 bits per heavy atom. The first-order chi connectivity index (χ1) is 8.52. The van der Waals surface area contributed by atoms with Gasteiger partial charge in [-0.1, -0.05) is 44.7 Å². The molecule has 0 N–H and O–H groups in total. The Morgan fingerprint density at radius 2 is 2.22 bits per heavy atom. The van der Waals surface area contributed by atoms with Crippen LogP contribution in [0, 0.1) is 5.92 Å². The molecular weight excluding hydrogens is 230 g/mol. The average molecular weight is 249 g/mol. The van der Waals surface area contributed by atoms with Crippen LogP contribution in [0.4, 0.5) is 4.79 Å². The molecule has 2 amide bonds. The zero-order valence-electron chi connectivity index (χ0n) is 11.1. The van der Waals surface area contributed by atoms with Crippen LogP contribution < -0.4 is 0 Å². The predicted molar refractivity (Wildman–Crippen MR) is 69.9 cm³/mol. The van der Waals surface area contributed by atoms with E-state index in [2.05, 4.69) is 6.58 Å². The summed E-state index contributed by atoms with van der Waals surface area (Å²) in [5.74, 6) is -0.471. The molecule has 0 spiro atoms. The van der Waals surface area contributed by atoms with Crippen molar-refractivity contribution in [1.82, 2.24) is 4.90 Å². The van der Waals surface area contributed by atoms with Crippen molar-refractivity contribution in [2.45, 2.75) is 26.8 Å². The molecule has 1 saturated heterocycles. The molecule has 0 aliphatic carbocycles. The molecule has 1 fully saturated rings. The highest BCUT2D eigenvalue weighted by molar-refractivity contribution is 5.95. The first-order valence-electron chi connectivity index (χ1n) is 5.98. The summed E-state index contributed by atoms with van der Waals surface area (Å²) in [5, 5.41) is 0. The van der Waals surface area contributed by atoms with Gasteiger partial charge in [0, 0.05) is 5.92 Å². The van der Waals surface area contributed by atoms with Gasteiger partial charge >= 0.3 is 6.09 Å². The molecule has 0 radical (unpaired) electrons. The summed E-state index contributed by atoms with van der Waals surface area (Å²) in [6, 6.07) is -0.374. The second kappa shape index (κ2) is 6.19. The van der Waals surface area contributed by atoms with Crippen LogP contribution in [-0.2, 0) is 9.53 Å². The number of nitrogens with zero attached hydrogens (tertiary/aromatic N) is 1. The topological polar surface area (TPSA) is 46.6 Å². The minimum atomic E-state index is -0.577. The molecule has 4 heteroatoms. The van der Waals surface area contributed by atoms with E-state index < -0.39 is 6.09 Å². The third kappa shape index (κ3) is 2.88. The Labute approximate surface area is 108 Å². The smallest absolute Gasteiger partial charge is 0.417 e. The molecular formula is C14H19NO3. The third-order valence-corrected chi connectivity index (χ3v) is 2.71. The highest BCUT2D eigenvalue weighted by atomic mass is 16.6. The molecule has 0 saturated carbocycles. The minimum Gasteiger partial charge on any atom is -0.446 e. The number of hydrogen-bond donors (Lipinski definition) is 0. The molecule has 1 heterocycles. The van der Waals surface area contributed by atoms with Crippen molar-refractivity contribution in [3.63, 3.8) is 0 Å². The van der Waals surface area contributed by atoms with Gasteiger partial charge in [-0.15, -0.1) is 0 Å². The number of carbonyl (C=O) groups is 2. The quantitative estimate of drug-likeness (QED) is 0.720. The maximum absolute atomic E-state index is 12.0. The molecule has 1 unspecified atom stereocenters. The molecule has 0 aromatic heterocycles. The molecule has 1 aliphatic heterocycles. The van der Waals surface area contributed by atoms with E-state index in [1.165, 1.54) is 4.90 Å². The highest BCUT2D eigenvalue weighted by Crippen LogP contribution is 2.22. The van der Waals surface area contributed by atoms with Crippen molar-refractivity contribution in [3.8, 4) is 0 Å². The first-order valence-corrected chi connectivity index (χ1v) is 5.98. The van der Waals surface area contributed by atoms with Gasteiger partial charge in [0.1, 0.15) is 12.6 Å². The van der Waals surface area contributed by atoms with Crippen molar-refractivity contribution in [2.24, 2.45) is 5.92 Å². The molecule has 0 aromatic rings. The summed E-state index contributed by atoms with van der Waals surface area (Å²) < 4.78 is 4.97. The maximum atomic E-state index is 12.0. The highest BCUT2D eigenvalue weighted by Gasteiger charge is 2.39. The van der Waals surface area contributed by atoms with Gasteiger partial charge in [-0.25, -0.2) is 9.69 Å². The molecule has 98 valence electrons. The summed E-state index contributed by atoms with van der Waals surface area (Å²) in [6.07, 6.45) is 6.62. The minimum absolute atomic E-state index is 0.187. The predicted octanol–water partition coefficient (Wildman–Crippen LogP) is 2.68.